The molecule has 0 aliphatic heterocycles. The summed E-state index contributed by atoms with van der Waals surface area (Å²) in [6.07, 6.45) is 0.371. The van der Waals surface area contributed by atoms with Gasteiger partial charge in [-0.15, -0.1) is 0 Å². The third kappa shape index (κ3) is 8.30. The van der Waals surface area contributed by atoms with Crippen LogP contribution in [0.4, 0.5) is 0 Å². The lowest BCUT2D eigenvalue weighted by Crippen LogP contribution is -2.41. The van der Waals surface area contributed by atoms with Gasteiger partial charge in [-0.3, -0.25) is 19.6 Å². The fourth-order valence-electron chi connectivity index (χ4n) is 2.40. The number of hydrogen-bond donors (Lipinski definition) is 4. The van der Waals surface area contributed by atoms with E-state index in [1.807, 2.05) is 45.0 Å². The van der Waals surface area contributed by atoms with Crippen LogP contribution in [0.15, 0.2) is 24.3 Å². The number of amides is 3. The first-order valence-corrected chi connectivity index (χ1v) is 8.34. The second kappa shape index (κ2) is 10.5. The Bertz CT molecular complexity index is 584. The molecule has 1 aromatic rings. The van der Waals surface area contributed by atoms with Gasteiger partial charge in [0.05, 0.1) is 6.54 Å². The molecule has 0 fully saturated rings. The first-order chi connectivity index (χ1) is 11.8. The van der Waals surface area contributed by atoms with Crippen molar-refractivity contribution in [1.29, 1.82) is 0 Å². The van der Waals surface area contributed by atoms with Crippen LogP contribution in [0.5, 0.6) is 0 Å². The Labute approximate surface area is 148 Å². The minimum Gasteiger partial charge on any atom is -0.350 e. The Morgan fingerprint density at radius 2 is 1.68 bits per heavy atom. The van der Waals surface area contributed by atoms with Crippen molar-refractivity contribution in [3.05, 3.63) is 35.4 Å². The zero-order chi connectivity index (χ0) is 18.8. The molecule has 138 valence electrons. The lowest BCUT2D eigenvalue weighted by Gasteiger charge is -2.17. The highest BCUT2D eigenvalue weighted by Gasteiger charge is 2.23. The maximum Gasteiger partial charge on any atom is 0.244 e. The average molecular weight is 349 g/mol. The van der Waals surface area contributed by atoms with E-state index in [1.54, 1.807) is 0 Å². The molecule has 4 N–H and O–H groups in total. The first-order valence-electron chi connectivity index (χ1n) is 8.34. The van der Waals surface area contributed by atoms with Gasteiger partial charge in [0.25, 0.3) is 0 Å². The van der Waals surface area contributed by atoms with Gasteiger partial charge in [0.15, 0.2) is 0 Å². The van der Waals surface area contributed by atoms with Crippen molar-refractivity contribution in [2.24, 2.45) is 11.8 Å². The number of carbonyl (C=O) groups excluding carboxylic acids is 3. The number of benzene rings is 1. The highest BCUT2D eigenvalue weighted by atomic mass is 16.5. The van der Waals surface area contributed by atoms with E-state index < -0.39 is 11.8 Å². The topological polar surface area (TPSA) is 108 Å². The van der Waals surface area contributed by atoms with Crippen molar-refractivity contribution in [3.63, 3.8) is 0 Å². The van der Waals surface area contributed by atoms with E-state index >= 15 is 0 Å². The Morgan fingerprint density at radius 1 is 1.04 bits per heavy atom. The summed E-state index contributed by atoms with van der Waals surface area (Å²) in [4.78, 5) is 35.4. The first kappa shape index (κ1) is 20.6. The third-order valence-corrected chi connectivity index (χ3v) is 3.72. The van der Waals surface area contributed by atoms with Gasteiger partial charge in [-0.1, -0.05) is 43.7 Å². The molecule has 3 amide bonds. The summed E-state index contributed by atoms with van der Waals surface area (Å²) < 4.78 is 0. The van der Waals surface area contributed by atoms with Gasteiger partial charge in [0.1, 0.15) is 0 Å². The zero-order valence-corrected chi connectivity index (χ0v) is 15.0. The normalized spacial score (nSPS) is 11.7. The molecule has 1 aromatic carbocycles. The van der Waals surface area contributed by atoms with Crippen molar-refractivity contribution in [2.45, 2.75) is 40.2 Å². The molecule has 0 heterocycles. The molecule has 1 unspecified atom stereocenters. The van der Waals surface area contributed by atoms with Crippen LogP contribution in [0.3, 0.4) is 0 Å². The molecule has 7 nitrogen and oxygen atoms in total. The third-order valence-electron chi connectivity index (χ3n) is 3.72. The number of nitrogens with one attached hydrogen (secondary N) is 3. The second-order valence-corrected chi connectivity index (χ2v) is 6.55. The van der Waals surface area contributed by atoms with Crippen LogP contribution < -0.4 is 16.1 Å². The molecule has 7 heteroatoms. The Hall–Kier alpha value is -2.41. The standard InChI is InChI=1S/C18H27N3O4/c1-12(2)8-15(9-16(22)21-25)18(24)20-11-17(23)19-10-14-6-4-13(3)5-7-14/h4-7,12,15,25H,8-11H2,1-3H3,(H,19,23)(H,20,24)(H,21,22). The van der Waals surface area contributed by atoms with Gasteiger partial charge in [-0.2, -0.15) is 0 Å². The van der Waals surface area contributed by atoms with Crippen LogP contribution in [-0.4, -0.2) is 29.5 Å². The fraction of sp³-hybridized carbons (Fsp3) is 0.500. The molecule has 0 bridgehead atoms. The molecule has 0 saturated carbocycles. The number of rotatable bonds is 9. The van der Waals surface area contributed by atoms with E-state index in [4.69, 9.17) is 5.21 Å². The summed E-state index contributed by atoms with van der Waals surface area (Å²) in [5.74, 6) is -1.68. The predicted molar refractivity (Wildman–Crippen MR) is 93.5 cm³/mol. The number of hydrogen-bond acceptors (Lipinski definition) is 4. The Balaban J connectivity index is 2.44. The molecule has 0 saturated heterocycles. The number of hydroxylamine groups is 1. The molecule has 1 atom stereocenters. The van der Waals surface area contributed by atoms with E-state index in [0.717, 1.165) is 11.1 Å². The largest absolute Gasteiger partial charge is 0.350 e. The SMILES string of the molecule is Cc1ccc(CNC(=O)CNC(=O)C(CC(=O)NO)CC(C)C)cc1. The molecular weight excluding hydrogens is 322 g/mol. The van der Waals surface area contributed by atoms with Crippen molar-refractivity contribution < 1.29 is 19.6 Å². The van der Waals surface area contributed by atoms with Crippen LogP contribution >= 0.6 is 0 Å². The van der Waals surface area contributed by atoms with Gasteiger partial charge in [-0.05, 0) is 24.8 Å². The highest BCUT2D eigenvalue weighted by Crippen LogP contribution is 2.15. The molecule has 0 aromatic heterocycles. The van der Waals surface area contributed by atoms with Gasteiger partial charge in [0, 0.05) is 18.9 Å². The second-order valence-electron chi connectivity index (χ2n) is 6.55. The minimum absolute atomic E-state index is 0.120. The minimum atomic E-state index is -0.621. The summed E-state index contributed by atoms with van der Waals surface area (Å²) in [6.45, 7) is 6.09. The van der Waals surface area contributed by atoms with Crippen LogP contribution in [-0.2, 0) is 20.9 Å². The van der Waals surface area contributed by atoms with Crippen LogP contribution in [0.2, 0.25) is 0 Å². The van der Waals surface area contributed by atoms with Crippen molar-refractivity contribution in [1.82, 2.24) is 16.1 Å². The molecule has 0 spiro atoms. The molecule has 25 heavy (non-hydrogen) atoms. The summed E-state index contributed by atoms with van der Waals surface area (Å²) in [5, 5.41) is 13.9. The molecule has 0 aliphatic rings. The molecule has 1 rings (SSSR count). The summed E-state index contributed by atoms with van der Waals surface area (Å²) in [7, 11) is 0. The highest BCUT2D eigenvalue weighted by molar-refractivity contribution is 5.88. The molecule has 0 aliphatic carbocycles. The Morgan fingerprint density at radius 3 is 2.24 bits per heavy atom. The lowest BCUT2D eigenvalue weighted by molar-refractivity contribution is -0.135. The lowest BCUT2D eigenvalue weighted by atomic mass is 9.93. The maximum atomic E-state index is 12.2. The van der Waals surface area contributed by atoms with E-state index in [2.05, 4.69) is 10.6 Å². The van der Waals surface area contributed by atoms with Gasteiger partial charge in [-0.25, -0.2) is 5.48 Å². The van der Waals surface area contributed by atoms with E-state index in [0.29, 0.717) is 13.0 Å². The van der Waals surface area contributed by atoms with Gasteiger partial charge < -0.3 is 10.6 Å². The molecular formula is C18H27N3O4. The monoisotopic (exact) mass is 349 g/mol. The van der Waals surface area contributed by atoms with E-state index in [1.165, 1.54) is 5.48 Å². The predicted octanol–water partition coefficient (Wildman–Crippen LogP) is 1.29. The quantitative estimate of drug-likeness (QED) is 0.398. The maximum absolute atomic E-state index is 12.2. The summed E-state index contributed by atoms with van der Waals surface area (Å²) in [6, 6.07) is 7.79. The number of aryl methyl sites for hydroxylation is 1. The number of carbonyl (C=O) groups is 3. The van der Waals surface area contributed by atoms with Crippen molar-refractivity contribution >= 4 is 17.7 Å². The smallest absolute Gasteiger partial charge is 0.244 e. The van der Waals surface area contributed by atoms with Gasteiger partial charge in [0.2, 0.25) is 17.7 Å². The van der Waals surface area contributed by atoms with Crippen molar-refractivity contribution in [3.8, 4) is 0 Å². The van der Waals surface area contributed by atoms with Crippen molar-refractivity contribution in [2.75, 3.05) is 6.54 Å². The Kier molecular flexibility index (Phi) is 8.63. The average Bonchev–Trinajstić information content (AvgIpc) is 2.58. The van der Waals surface area contributed by atoms with Gasteiger partial charge >= 0.3 is 0 Å². The zero-order valence-electron chi connectivity index (χ0n) is 15.0. The van der Waals surface area contributed by atoms with E-state index in [9.17, 15) is 14.4 Å². The summed E-state index contributed by atoms with van der Waals surface area (Å²) >= 11 is 0. The summed E-state index contributed by atoms with van der Waals surface area (Å²) in [5.41, 5.74) is 3.65. The van der Waals surface area contributed by atoms with Crippen LogP contribution in [0.1, 0.15) is 37.8 Å². The van der Waals surface area contributed by atoms with E-state index in [-0.39, 0.29) is 30.7 Å². The van der Waals surface area contributed by atoms with Crippen LogP contribution in [0, 0.1) is 18.8 Å². The van der Waals surface area contributed by atoms with Crippen LogP contribution in [0.25, 0.3) is 0 Å². The fourth-order valence-corrected chi connectivity index (χ4v) is 2.40. The molecule has 0 radical (unpaired) electrons.